The third kappa shape index (κ3) is 4.30. The summed E-state index contributed by atoms with van der Waals surface area (Å²) in [4.78, 5) is 43.0. The Labute approximate surface area is 193 Å². The van der Waals surface area contributed by atoms with E-state index in [0.29, 0.717) is 18.7 Å². The molecule has 2 aromatic carbocycles. The number of likely N-dealkylation sites (tertiary alicyclic amines) is 1. The molecule has 170 valence electrons. The van der Waals surface area contributed by atoms with E-state index >= 15 is 0 Å². The van der Waals surface area contributed by atoms with Gasteiger partial charge in [0.15, 0.2) is 0 Å². The lowest BCUT2D eigenvalue weighted by Crippen LogP contribution is -2.40. The van der Waals surface area contributed by atoms with Crippen molar-refractivity contribution < 1.29 is 14.4 Å². The smallest absolute Gasteiger partial charge is 0.295 e. The molecule has 0 spiro atoms. The van der Waals surface area contributed by atoms with Gasteiger partial charge < -0.3 is 14.4 Å². The van der Waals surface area contributed by atoms with Gasteiger partial charge in [0.05, 0.1) is 5.56 Å². The number of fused-ring (bicyclic) bond motifs is 2. The minimum absolute atomic E-state index is 0.0654. The van der Waals surface area contributed by atoms with Crippen LogP contribution >= 0.6 is 0 Å². The highest BCUT2D eigenvalue weighted by molar-refractivity contribution is 6.44. The van der Waals surface area contributed by atoms with Crippen LogP contribution in [0.1, 0.15) is 47.2 Å². The number of carbonyl (C=O) groups excluding carboxylic acids is 3. The summed E-state index contributed by atoms with van der Waals surface area (Å²) in [5, 5.41) is 0.719. The lowest BCUT2D eigenvalue weighted by Gasteiger charge is -2.28. The fourth-order valence-corrected chi connectivity index (χ4v) is 5.05. The van der Waals surface area contributed by atoms with Crippen molar-refractivity contribution in [1.82, 2.24) is 14.4 Å². The fourth-order valence-electron chi connectivity index (χ4n) is 5.05. The van der Waals surface area contributed by atoms with Crippen LogP contribution in [-0.2, 0) is 29.1 Å². The van der Waals surface area contributed by atoms with Gasteiger partial charge >= 0.3 is 0 Å². The van der Waals surface area contributed by atoms with Crippen molar-refractivity contribution in [1.29, 1.82) is 0 Å². The first-order valence-corrected chi connectivity index (χ1v) is 11.9. The highest BCUT2D eigenvalue weighted by Gasteiger charge is 2.29. The van der Waals surface area contributed by atoms with Gasteiger partial charge in [0.2, 0.25) is 5.91 Å². The monoisotopic (exact) mass is 443 g/mol. The summed E-state index contributed by atoms with van der Waals surface area (Å²) in [6.07, 6.45) is 6.85. The first-order valence-electron chi connectivity index (χ1n) is 11.9. The average Bonchev–Trinajstić information content (AvgIpc) is 3.01. The quantitative estimate of drug-likeness (QED) is 0.455. The molecule has 3 aromatic rings. The first kappa shape index (κ1) is 21.4. The maximum absolute atomic E-state index is 13.3. The molecule has 0 aliphatic carbocycles. The van der Waals surface area contributed by atoms with Gasteiger partial charge in [-0.2, -0.15) is 0 Å². The molecule has 1 fully saturated rings. The summed E-state index contributed by atoms with van der Waals surface area (Å²) in [6, 6.07) is 15.6. The molecule has 0 saturated carbocycles. The minimum Gasteiger partial charge on any atom is -0.341 e. The predicted molar refractivity (Wildman–Crippen MR) is 127 cm³/mol. The van der Waals surface area contributed by atoms with E-state index in [2.05, 4.69) is 6.07 Å². The summed E-state index contributed by atoms with van der Waals surface area (Å²) >= 11 is 0. The van der Waals surface area contributed by atoms with Gasteiger partial charge in [-0.25, -0.2) is 0 Å². The number of aromatic nitrogens is 1. The number of nitrogens with zero attached hydrogens (tertiary/aromatic N) is 3. The van der Waals surface area contributed by atoms with Crippen LogP contribution in [0.2, 0.25) is 0 Å². The summed E-state index contributed by atoms with van der Waals surface area (Å²) in [5.74, 6) is -0.923. The number of hydrogen-bond acceptors (Lipinski definition) is 3. The summed E-state index contributed by atoms with van der Waals surface area (Å²) in [6.45, 7) is 2.75. The zero-order valence-corrected chi connectivity index (χ0v) is 18.8. The Morgan fingerprint density at radius 2 is 1.45 bits per heavy atom. The van der Waals surface area contributed by atoms with Crippen molar-refractivity contribution in [3.8, 4) is 0 Å². The van der Waals surface area contributed by atoms with Gasteiger partial charge in [-0.3, -0.25) is 14.4 Å². The number of rotatable bonds is 4. The molecular weight excluding hydrogens is 414 g/mol. The molecule has 0 bridgehead atoms. The molecule has 2 amide bonds. The average molecular weight is 444 g/mol. The zero-order valence-electron chi connectivity index (χ0n) is 18.8. The van der Waals surface area contributed by atoms with Gasteiger partial charge in [-0.05, 0) is 36.5 Å². The van der Waals surface area contributed by atoms with Crippen molar-refractivity contribution >= 4 is 28.5 Å². The van der Waals surface area contributed by atoms with E-state index in [9.17, 15) is 14.4 Å². The van der Waals surface area contributed by atoms with Crippen molar-refractivity contribution in [2.24, 2.45) is 0 Å². The Bertz CT molecular complexity index is 1200. The van der Waals surface area contributed by atoms with Gasteiger partial charge in [0.25, 0.3) is 11.7 Å². The number of Topliss-reactive ketones (excluding diaryl/α,β-unsaturated/α-hetero) is 1. The number of amides is 2. The Hall–Kier alpha value is -3.41. The standard InChI is InChI=1S/C27H29N3O3/c31-25(28-14-7-1-2-8-15-28)19-30-18-23(22-11-5-6-12-24(22)30)26(32)27(33)29-16-13-20-9-3-4-10-21(20)17-29/h3-6,9-12,18H,1-2,7-8,13-17,19H2. The van der Waals surface area contributed by atoms with E-state index in [1.807, 2.05) is 51.9 Å². The minimum atomic E-state index is -0.508. The Morgan fingerprint density at radius 3 is 2.24 bits per heavy atom. The summed E-state index contributed by atoms with van der Waals surface area (Å²) in [7, 11) is 0. The molecular formula is C27H29N3O3. The van der Waals surface area contributed by atoms with Crippen LogP contribution in [0, 0.1) is 0 Å². The molecule has 33 heavy (non-hydrogen) atoms. The van der Waals surface area contributed by atoms with Crippen LogP contribution in [0.3, 0.4) is 0 Å². The Kier molecular flexibility index (Phi) is 5.99. The van der Waals surface area contributed by atoms with E-state index in [4.69, 9.17) is 0 Å². The maximum Gasteiger partial charge on any atom is 0.295 e. The molecule has 0 N–H and O–H groups in total. The van der Waals surface area contributed by atoms with Crippen LogP contribution < -0.4 is 0 Å². The molecule has 5 rings (SSSR count). The molecule has 0 unspecified atom stereocenters. The first-order chi connectivity index (χ1) is 16.1. The summed E-state index contributed by atoms with van der Waals surface area (Å²) < 4.78 is 1.83. The van der Waals surface area contributed by atoms with Crippen molar-refractivity contribution in [3.05, 3.63) is 71.4 Å². The predicted octanol–water partition coefficient (Wildman–Crippen LogP) is 3.81. The largest absolute Gasteiger partial charge is 0.341 e. The third-order valence-electron chi connectivity index (χ3n) is 6.91. The maximum atomic E-state index is 13.3. The summed E-state index contributed by atoms with van der Waals surface area (Å²) in [5.41, 5.74) is 3.51. The van der Waals surface area contributed by atoms with E-state index < -0.39 is 11.7 Å². The fraction of sp³-hybridized carbons (Fsp3) is 0.370. The number of hydrogen-bond donors (Lipinski definition) is 0. The van der Waals surface area contributed by atoms with Crippen molar-refractivity contribution in [2.75, 3.05) is 19.6 Å². The third-order valence-corrected chi connectivity index (χ3v) is 6.91. The number of ketones is 1. The lowest BCUT2D eigenvalue weighted by molar-refractivity contribution is -0.131. The number of carbonyl (C=O) groups is 3. The van der Waals surface area contributed by atoms with Gasteiger partial charge in [0.1, 0.15) is 6.54 Å². The lowest BCUT2D eigenvalue weighted by atomic mass is 9.99. The van der Waals surface area contributed by atoms with Crippen LogP contribution in [0.4, 0.5) is 0 Å². The second-order valence-electron chi connectivity index (χ2n) is 9.06. The molecule has 6 heteroatoms. The van der Waals surface area contributed by atoms with Gasteiger partial charge in [-0.1, -0.05) is 55.3 Å². The molecule has 2 aliphatic rings. The van der Waals surface area contributed by atoms with Crippen LogP contribution in [0.15, 0.2) is 54.7 Å². The van der Waals surface area contributed by atoms with Crippen molar-refractivity contribution in [3.63, 3.8) is 0 Å². The van der Waals surface area contributed by atoms with Crippen LogP contribution in [0.5, 0.6) is 0 Å². The topological polar surface area (TPSA) is 62.6 Å². The molecule has 3 heterocycles. The second-order valence-corrected chi connectivity index (χ2v) is 9.06. The zero-order chi connectivity index (χ0) is 22.8. The van der Waals surface area contributed by atoms with Crippen molar-refractivity contribution in [2.45, 2.75) is 45.2 Å². The molecule has 2 aliphatic heterocycles. The molecule has 6 nitrogen and oxygen atoms in total. The number of benzene rings is 2. The van der Waals surface area contributed by atoms with E-state index in [-0.39, 0.29) is 12.5 Å². The second kappa shape index (κ2) is 9.22. The van der Waals surface area contributed by atoms with Crippen LogP contribution in [0.25, 0.3) is 10.9 Å². The SMILES string of the molecule is O=C(C(=O)N1CCc2ccccc2C1)c1cn(CC(=O)N2CCCCCC2)c2ccccc12. The van der Waals surface area contributed by atoms with Crippen LogP contribution in [-0.4, -0.2) is 51.6 Å². The van der Waals surface area contributed by atoms with E-state index in [1.165, 1.54) is 5.56 Å². The molecule has 0 radical (unpaired) electrons. The molecule has 1 aromatic heterocycles. The molecule has 0 atom stereocenters. The highest BCUT2D eigenvalue weighted by atomic mass is 16.2. The Balaban J connectivity index is 1.39. The van der Waals surface area contributed by atoms with E-state index in [1.54, 1.807) is 11.1 Å². The normalized spacial score (nSPS) is 16.4. The van der Waals surface area contributed by atoms with E-state index in [0.717, 1.165) is 61.7 Å². The van der Waals surface area contributed by atoms with Gasteiger partial charge in [0, 0.05) is 43.3 Å². The highest BCUT2D eigenvalue weighted by Crippen LogP contribution is 2.25. The molecule has 1 saturated heterocycles. The Morgan fingerprint density at radius 1 is 0.758 bits per heavy atom. The van der Waals surface area contributed by atoms with Gasteiger partial charge in [-0.15, -0.1) is 0 Å². The number of para-hydroxylation sites is 1.